The second-order valence-corrected chi connectivity index (χ2v) is 5.42. The molecule has 0 aromatic heterocycles. The lowest BCUT2D eigenvalue weighted by molar-refractivity contribution is -0.136. The van der Waals surface area contributed by atoms with Crippen LogP contribution in [0.3, 0.4) is 0 Å². The second kappa shape index (κ2) is 4.12. The minimum atomic E-state index is 0.220. The van der Waals surface area contributed by atoms with Crippen LogP contribution in [0.2, 0.25) is 0 Å². The molecule has 3 heteroatoms. The van der Waals surface area contributed by atoms with E-state index in [-0.39, 0.29) is 5.92 Å². The average molecular weight is 210 g/mol. The van der Waals surface area contributed by atoms with Crippen molar-refractivity contribution in [3.63, 3.8) is 0 Å². The molecular weight excluding hydrogens is 188 g/mol. The van der Waals surface area contributed by atoms with Crippen molar-refractivity contribution in [2.45, 2.75) is 33.2 Å². The lowest BCUT2D eigenvalue weighted by atomic mass is 9.96. The number of hydrogen-bond acceptors (Lipinski definition) is 2. The van der Waals surface area contributed by atoms with Gasteiger partial charge in [0.1, 0.15) is 0 Å². The molecule has 2 aliphatic rings. The summed E-state index contributed by atoms with van der Waals surface area (Å²) in [5, 5.41) is 3.31. The Morgan fingerprint density at radius 1 is 1.27 bits per heavy atom. The van der Waals surface area contributed by atoms with Crippen LogP contribution in [0.25, 0.3) is 0 Å². The Morgan fingerprint density at radius 2 is 2.00 bits per heavy atom. The third-order valence-corrected chi connectivity index (χ3v) is 3.90. The molecular formula is C12H22N2O. The van der Waals surface area contributed by atoms with Crippen LogP contribution in [-0.2, 0) is 4.79 Å². The molecule has 4 unspecified atom stereocenters. The zero-order chi connectivity index (χ0) is 11.0. The minimum absolute atomic E-state index is 0.220. The molecule has 1 amide bonds. The van der Waals surface area contributed by atoms with Crippen LogP contribution in [0.1, 0.15) is 27.2 Å². The first-order valence-corrected chi connectivity index (χ1v) is 6.10. The number of nitrogens with zero attached hydrogens (tertiary/aromatic N) is 1. The summed E-state index contributed by atoms with van der Waals surface area (Å²) in [7, 11) is 0. The molecule has 0 aromatic carbocycles. The van der Waals surface area contributed by atoms with Crippen LogP contribution in [-0.4, -0.2) is 36.5 Å². The molecule has 0 aliphatic carbocycles. The van der Waals surface area contributed by atoms with Crippen molar-refractivity contribution in [3.05, 3.63) is 0 Å². The van der Waals surface area contributed by atoms with Gasteiger partial charge in [-0.15, -0.1) is 0 Å². The molecule has 0 radical (unpaired) electrons. The Labute approximate surface area is 92.2 Å². The zero-order valence-corrected chi connectivity index (χ0v) is 9.99. The molecule has 2 heterocycles. The molecule has 1 N–H and O–H groups in total. The molecule has 0 bridgehead atoms. The van der Waals surface area contributed by atoms with E-state index in [1.165, 1.54) is 6.42 Å². The van der Waals surface area contributed by atoms with Crippen LogP contribution in [0, 0.1) is 17.8 Å². The molecule has 2 rings (SSSR count). The van der Waals surface area contributed by atoms with E-state index in [0.29, 0.717) is 23.8 Å². The van der Waals surface area contributed by atoms with Crippen LogP contribution >= 0.6 is 0 Å². The summed E-state index contributed by atoms with van der Waals surface area (Å²) >= 11 is 0. The number of amides is 1. The van der Waals surface area contributed by atoms with Gasteiger partial charge in [0.15, 0.2) is 0 Å². The van der Waals surface area contributed by atoms with E-state index in [9.17, 15) is 4.79 Å². The van der Waals surface area contributed by atoms with Crippen molar-refractivity contribution in [2.24, 2.45) is 17.8 Å². The largest absolute Gasteiger partial charge is 0.339 e. The van der Waals surface area contributed by atoms with Gasteiger partial charge in [-0.2, -0.15) is 0 Å². The normalized spacial score (nSPS) is 41.1. The van der Waals surface area contributed by atoms with Gasteiger partial charge in [0, 0.05) is 19.1 Å². The minimum Gasteiger partial charge on any atom is -0.339 e. The lowest BCUT2D eigenvalue weighted by Gasteiger charge is -2.26. The van der Waals surface area contributed by atoms with Gasteiger partial charge in [-0.25, -0.2) is 0 Å². The molecule has 86 valence electrons. The summed E-state index contributed by atoms with van der Waals surface area (Å²) in [4.78, 5) is 14.4. The van der Waals surface area contributed by atoms with E-state index >= 15 is 0 Å². The van der Waals surface area contributed by atoms with E-state index in [0.717, 1.165) is 19.6 Å². The van der Waals surface area contributed by atoms with Crippen molar-refractivity contribution in [1.29, 1.82) is 0 Å². The molecule has 3 nitrogen and oxygen atoms in total. The first-order chi connectivity index (χ1) is 7.09. The molecule has 0 spiro atoms. The van der Waals surface area contributed by atoms with Crippen molar-refractivity contribution < 1.29 is 4.79 Å². The monoisotopic (exact) mass is 210 g/mol. The molecule has 2 aliphatic heterocycles. The summed E-state index contributed by atoms with van der Waals surface area (Å²) in [5.41, 5.74) is 0. The number of nitrogens with one attached hydrogen (secondary N) is 1. The van der Waals surface area contributed by atoms with Gasteiger partial charge in [-0.05, 0) is 31.7 Å². The van der Waals surface area contributed by atoms with Crippen LogP contribution in [0.4, 0.5) is 0 Å². The van der Waals surface area contributed by atoms with E-state index in [4.69, 9.17) is 0 Å². The predicted molar refractivity (Wildman–Crippen MR) is 60.5 cm³/mol. The number of carbonyl (C=O) groups is 1. The van der Waals surface area contributed by atoms with Gasteiger partial charge >= 0.3 is 0 Å². The van der Waals surface area contributed by atoms with Gasteiger partial charge in [-0.1, -0.05) is 13.8 Å². The van der Waals surface area contributed by atoms with Crippen molar-refractivity contribution in [2.75, 3.05) is 19.6 Å². The predicted octanol–water partition coefficient (Wildman–Crippen LogP) is 1.10. The molecule has 2 saturated heterocycles. The molecule has 2 fully saturated rings. The number of hydrogen-bond donors (Lipinski definition) is 1. The first-order valence-electron chi connectivity index (χ1n) is 6.10. The number of likely N-dealkylation sites (tertiary alicyclic amines) is 1. The average Bonchev–Trinajstić information content (AvgIpc) is 2.71. The SMILES string of the molecule is CC1CC(C)N(C(=O)C2CNCC2C)C1. The van der Waals surface area contributed by atoms with Crippen LogP contribution in [0.5, 0.6) is 0 Å². The highest BCUT2D eigenvalue weighted by Gasteiger charge is 2.37. The van der Waals surface area contributed by atoms with Crippen molar-refractivity contribution >= 4 is 5.91 Å². The third kappa shape index (κ3) is 2.03. The maximum Gasteiger partial charge on any atom is 0.227 e. The fourth-order valence-electron chi connectivity index (χ4n) is 2.96. The fourth-order valence-corrected chi connectivity index (χ4v) is 2.96. The smallest absolute Gasteiger partial charge is 0.227 e. The van der Waals surface area contributed by atoms with E-state index in [2.05, 4.69) is 31.0 Å². The topological polar surface area (TPSA) is 32.3 Å². The van der Waals surface area contributed by atoms with E-state index < -0.39 is 0 Å². The Morgan fingerprint density at radius 3 is 2.47 bits per heavy atom. The first kappa shape index (κ1) is 10.9. The zero-order valence-electron chi connectivity index (χ0n) is 9.99. The molecule has 0 aromatic rings. The summed E-state index contributed by atoms with van der Waals surface area (Å²) in [6.45, 7) is 9.41. The lowest BCUT2D eigenvalue weighted by Crippen LogP contribution is -2.40. The summed E-state index contributed by atoms with van der Waals surface area (Å²) in [5.74, 6) is 1.77. The van der Waals surface area contributed by atoms with Gasteiger partial charge in [0.05, 0.1) is 5.92 Å². The maximum atomic E-state index is 12.3. The summed E-state index contributed by atoms with van der Waals surface area (Å²) in [6.07, 6.45) is 1.17. The summed E-state index contributed by atoms with van der Waals surface area (Å²) in [6, 6.07) is 0.445. The fraction of sp³-hybridized carbons (Fsp3) is 0.917. The van der Waals surface area contributed by atoms with Crippen molar-refractivity contribution in [3.8, 4) is 0 Å². The summed E-state index contributed by atoms with van der Waals surface area (Å²) < 4.78 is 0. The van der Waals surface area contributed by atoms with Crippen LogP contribution in [0.15, 0.2) is 0 Å². The second-order valence-electron chi connectivity index (χ2n) is 5.42. The standard InChI is InChI=1S/C12H22N2O/c1-8-4-10(3)14(7-8)12(15)11-6-13-5-9(11)2/h8-11,13H,4-7H2,1-3H3. The molecule has 0 saturated carbocycles. The highest BCUT2D eigenvalue weighted by molar-refractivity contribution is 5.80. The van der Waals surface area contributed by atoms with Crippen molar-refractivity contribution in [1.82, 2.24) is 10.2 Å². The Bertz CT molecular complexity index is 254. The Balaban J connectivity index is 2.01. The Kier molecular flexibility index (Phi) is 3.01. The molecule has 15 heavy (non-hydrogen) atoms. The number of carbonyl (C=O) groups excluding carboxylic acids is 1. The van der Waals surface area contributed by atoms with Gasteiger partial charge in [0.2, 0.25) is 5.91 Å². The van der Waals surface area contributed by atoms with Crippen LogP contribution < -0.4 is 5.32 Å². The quantitative estimate of drug-likeness (QED) is 0.703. The highest BCUT2D eigenvalue weighted by atomic mass is 16.2. The maximum absolute atomic E-state index is 12.3. The van der Waals surface area contributed by atoms with Gasteiger partial charge in [-0.3, -0.25) is 4.79 Å². The third-order valence-electron chi connectivity index (χ3n) is 3.90. The van der Waals surface area contributed by atoms with E-state index in [1.54, 1.807) is 0 Å². The Hall–Kier alpha value is -0.570. The number of rotatable bonds is 1. The van der Waals surface area contributed by atoms with E-state index in [1.807, 2.05) is 0 Å². The highest BCUT2D eigenvalue weighted by Crippen LogP contribution is 2.27. The van der Waals surface area contributed by atoms with Gasteiger partial charge in [0.25, 0.3) is 0 Å². The van der Waals surface area contributed by atoms with Gasteiger partial charge < -0.3 is 10.2 Å². The molecule has 4 atom stereocenters.